The van der Waals surface area contributed by atoms with Crippen LogP contribution in [-0.2, 0) is 0 Å². The van der Waals surface area contributed by atoms with Crippen molar-refractivity contribution in [3.63, 3.8) is 0 Å². The third-order valence-corrected chi connectivity index (χ3v) is 2.55. The van der Waals surface area contributed by atoms with Crippen molar-refractivity contribution in [2.45, 2.75) is 0 Å². The summed E-state index contributed by atoms with van der Waals surface area (Å²) in [6.45, 7) is 0. The van der Waals surface area contributed by atoms with Gasteiger partial charge in [-0.1, -0.05) is 0 Å². The molecule has 0 aromatic carbocycles. The molecule has 0 saturated carbocycles. The first kappa shape index (κ1) is 14.7. The summed E-state index contributed by atoms with van der Waals surface area (Å²) >= 11 is 0. The first-order valence-corrected chi connectivity index (χ1v) is 5.10. The largest absolute Gasteiger partial charge is 1.00 e. The third kappa shape index (κ3) is 2.73. The zero-order chi connectivity index (χ0) is 10.8. The molecule has 3 heterocycles. The molecule has 0 aliphatic heterocycles. The van der Waals surface area contributed by atoms with Crippen LogP contribution < -0.4 is 29.6 Å². The van der Waals surface area contributed by atoms with Gasteiger partial charge in [0.1, 0.15) is 0 Å². The molecule has 18 heavy (non-hydrogen) atoms. The fourth-order valence-corrected chi connectivity index (χ4v) is 1.85. The van der Waals surface area contributed by atoms with Crippen molar-refractivity contribution in [3.05, 3.63) is 55.4 Å². The van der Waals surface area contributed by atoms with E-state index in [-0.39, 0.29) is 35.0 Å². The smallest absolute Gasteiger partial charge is 0.412 e. The zero-order valence-electron chi connectivity index (χ0n) is 10.1. The monoisotopic (exact) mass is 254 g/mol. The van der Waals surface area contributed by atoms with Crippen LogP contribution in [-0.4, -0.2) is 41.7 Å². The second-order valence-electron chi connectivity index (χ2n) is 3.56. The molecule has 3 aromatic heterocycles. The number of hydrogen-bond acceptors (Lipinski definition) is 3. The van der Waals surface area contributed by atoms with Gasteiger partial charge in [0.25, 0.3) is 0 Å². The molecular formula is C9H12BN6NaO. The van der Waals surface area contributed by atoms with E-state index in [1.54, 1.807) is 18.6 Å². The molecule has 0 aliphatic carbocycles. The topological polar surface area (TPSA) is 85.0 Å². The Morgan fingerprint density at radius 3 is 1.22 bits per heavy atom. The van der Waals surface area contributed by atoms with E-state index in [4.69, 9.17) is 0 Å². The van der Waals surface area contributed by atoms with Crippen molar-refractivity contribution < 1.29 is 35.0 Å². The Kier molecular flexibility index (Phi) is 5.36. The van der Waals surface area contributed by atoms with Gasteiger partial charge in [-0.2, -0.15) is 0 Å². The molecule has 0 aliphatic rings. The summed E-state index contributed by atoms with van der Waals surface area (Å²) in [6, 6.07) is 5.69. The molecule has 0 radical (unpaired) electrons. The Hall–Kier alpha value is -1.35. The van der Waals surface area contributed by atoms with Gasteiger partial charge in [-0.05, 0) is 36.8 Å². The summed E-state index contributed by atoms with van der Waals surface area (Å²) in [5.41, 5.74) is 0. The summed E-state index contributed by atoms with van der Waals surface area (Å²) in [5.74, 6) is 0. The number of nitrogens with zero attached hydrogens (tertiary/aromatic N) is 6. The predicted octanol–water partition coefficient (Wildman–Crippen LogP) is -3.88. The van der Waals surface area contributed by atoms with Gasteiger partial charge in [0, 0.05) is 18.6 Å². The van der Waals surface area contributed by atoms with E-state index in [1.807, 2.05) is 50.6 Å². The van der Waals surface area contributed by atoms with E-state index >= 15 is 0 Å². The molecule has 3 aromatic rings. The van der Waals surface area contributed by atoms with Crippen LogP contribution in [0.25, 0.3) is 0 Å². The fourth-order valence-electron chi connectivity index (χ4n) is 1.85. The fraction of sp³-hybridized carbons (Fsp3) is 0. The average molecular weight is 254 g/mol. The summed E-state index contributed by atoms with van der Waals surface area (Å²) < 4.78 is 5.62. The van der Waals surface area contributed by atoms with Crippen LogP contribution in [0.4, 0.5) is 0 Å². The normalized spacial score (nSPS) is 9.83. The molecule has 88 valence electrons. The van der Waals surface area contributed by atoms with Crippen molar-refractivity contribution in [2.75, 3.05) is 0 Å². The van der Waals surface area contributed by atoms with Gasteiger partial charge < -0.3 is 19.3 Å². The minimum atomic E-state index is -1.12. The first-order valence-electron chi connectivity index (χ1n) is 5.10. The van der Waals surface area contributed by atoms with E-state index in [1.165, 1.54) is 0 Å². The molecule has 0 unspecified atom stereocenters. The van der Waals surface area contributed by atoms with Gasteiger partial charge in [-0.15, -0.1) is 0 Å². The van der Waals surface area contributed by atoms with Crippen molar-refractivity contribution in [1.82, 2.24) is 29.1 Å². The van der Waals surface area contributed by atoms with Gasteiger partial charge in [0.2, 0.25) is 0 Å². The number of aromatic nitrogens is 6. The minimum Gasteiger partial charge on any atom is -0.412 e. The van der Waals surface area contributed by atoms with Crippen LogP contribution in [0, 0.1) is 0 Å². The number of rotatable bonds is 3. The van der Waals surface area contributed by atoms with Crippen molar-refractivity contribution >= 4 is 7.12 Å². The molecule has 9 heteroatoms. The molecule has 7 nitrogen and oxygen atoms in total. The summed E-state index contributed by atoms with van der Waals surface area (Å²) in [4.78, 5) is 0. The Morgan fingerprint density at radius 2 is 1.00 bits per heavy atom. The molecule has 0 atom stereocenters. The molecule has 0 amide bonds. The van der Waals surface area contributed by atoms with Gasteiger partial charge in [0.15, 0.2) is 0 Å². The van der Waals surface area contributed by atoms with Gasteiger partial charge in [-0.25, -0.2) is 15.3 Å². The second kappa shape index (κ2) is 6.55. The van der Waals surface area contributed by atoms with E-state index < -0.39 is 7.12 Å². The Bertz CT molecular complexity index is 456. The van der Waals surface area contributed by atoms with Crippen molar-refractivity contribution in [1.29, 1.82) is 0 Å². The third-order valence-electron chi connectivity index (χ3n) is 2.55. The first-order chi connectivity index (χ1) is 7.95. The molecular weight excluding hydrogens is 242 g/mol. The SMILES string of the molecule is O.[Na+].c1cnn([BH-](n2cccn2)n2cccn2)c1. The van der Waals surface area contributed by atoms with Crippen LogP contribution in [0.2, 0.25) is 0 Å². The van der Waals surface area contributed by atoms with Crippen LogP contribution in [0.5, 0.6) is 0 Å². The van der Waals surface area contributed by atoms with E-state index in [2.05, 4.69) is 15.3 Å². The summed E-state index contributed by atoms with van der Waals surface area (Å²) in [6.07, 6.45) is 11.0. The molecule has 3 rings (SSSR count). The van der Waals surface area contributed by atoms with E-state index in [0.717, 1.165) is 0 Å². The Morgan fingerprint density at radius 1 is 0.667 bits per heavy atom. The van der Waals surface area contributed by atoms with Gasteiger partial charge >= 0.3 is 36.7 Å². The minimum absolute atomic E-state index is 0. The predicted molar refractivity (Wildman–Crippen MR) is 63.6 cm³/mol. The van der Waals surface area contributed by atoms with Crippen molar-refractivity contribution in [2.24, 2.45) is 0 Å². The van der Waals surface area contributed by atoms with Crippen LogP contribution in [0.1, 0.15) is 0 Å². The summed E-state index contributed by atoms with van der Waals surface area (Å²) in [7, 11) is -1.12. The van der Waals surface area contributed by atoms with Gasteiger partial charge in [0.05, 0.1) is 0 Å². The number of hydrogen-bond donors (Lipinski definition) is 0. The Labute approximate surface area is 126 Å². The molecule has 0 fully saturated rings. The van der Waals surface area contributed by atoms with E-state index in [0.29, 0.717) is 0 Å². The summed E-state index contributed by atoms with van der Waals surface area (Å²) in [5, 5.41) is 12.8. The van der Waals surface area contributed by atoms with Crippen LogP contribution in [0.15, 0.2) is 55.4 Å². The molecule has 0 spiro atoms. The van der Waals surface area contributed by atoms with Crippen LogP contribution >= 0.6 is 0 Å². The maximum absolute atomic E-state index is 4.26. The standard InChI is InChI=1S/C9H10BN6.Na.H2O/c1-4-11-14(7-1)10(15-8-2-5-12-15)16-9-3-6-13-16;;/h1-10H;;1H2/q-1;+1;. The maximum atomic E-state index is 4.26. The Balaban J connectivity index is 0.000000810. The molecule has 0 saturated heterocycles. The van der Waals surface area contributed by atoms with Gasteiger partial charge in [-0.3, -0.25) is 0 Å². The molecule has 0 bridgehead atoms. The average Bonchev–Trinajstić information content (AvgIpc) is 3.02. The van der Waals surface area contributed by atoms with E-state index in [9.17, 15) is 0 Å². The van der Waals surface area contributed by atoms with Crippen molar-refractivity contribution in [3.8, 4) is 0 Å². The quantitative estimate of drug-likeness (QED) is 0.448. The molecule has 2 N–H and O–H groups in total. The second-order valence-corrected chi connectivity index (χ2v) is 3.56. The zero-order valence-corrected chi connectivity index (χ0v) is 12.1. The maximum Gasteiger partial charge on any atom is 1.00 e. The van der Waals surface area contributed by atoms with Crippen LogP contribution in [0.3, 0.4) is 0 Å².